The fraction of sp³-hybridized carbons (Fsp3) is 0.400. The minimum absolute atomic E-state index is 1.00. The van der Waals surface area contributed by atoms with E-state index in [0.717, 1.165) is 6.54 Å². The summed E-state index contributed by atoms with van der Waals surface area (Å²) in [5.41, 5.74) is 6.49. The van der Waals surface area contributed by atoms with Crippen LogP contribution in [0, 0.1) is 27.7 Å². The Labute approximate surface area is 113 Å². The van der Waals surface area contributed by atoms with Crippen molar-refractivity contribution in [1.82, 2.24) is 0 Å². The Bertz CT molecular complexity index is 547. The number of anilines is 2. The van der Waals surface area contributed by atoms with E-state index in [2.05, 4.69) is 62.0 Å². The molecule has 0 radical (unpaired) electrons. The second kappa shape index (κ2) is 5.11. The Hall–Kier alpha value is -1.35. The molecule has 0 unspecified atom stereocenters. The predicted octanol–water partition coefficient (Wildman–Crippen LogP) is 4.03. The van der Waals surface area contributed by atoms with Gasteiger partial charge in [0.1, 0.15) is 11.4 Å². The number of thiazole rings is 1. The fourth-order valence-corrected chi connectivity index (χ4v) is 3.37. The summed E-state index contributed by atoms with van der Waals surface area (Å²) < 4.78 is 2.31. The molecule has 0 fully saturated rings. The van der Waals surface area contributed by atoms with Gasteiger partial charge in [-0.2, -0.15) is 0 Å². The average Bonchev–Trinajstić information content (AvgIpc) is 2.64. The van der Waals surface area contributed by atoms with E-state index in [0.29, 0.717) is 0 Å². The topological polar surface area (TPSA) is 15.9 Å². The SMILES string of the molecule is CC[n+]1c(C)csc1Nc1c(C)cc(C)cc1C. The molecule has 2 nitrogen and oxygen atoms in total. The van der Waals surface area contributed by atoms with Crippen LogP contribution in [0.4, 0.5) is 10.8 Å². The van der Waals surface area contributed by atoms with E-state index < -0.39 is 0 Å². The third kappa shape index (κ3) is 2.41. The van der Waals surface area contributed by atoms with Crippen LogP contribution in [0.5, 0.6) is 0 Å². The zero-order valence-electron chi connectivity index (χ0n) is 11.8. The molecule has 0 saturated carbocycles. The monoisotopic (exact) mass is 261 g/mol. The molecule has 1 heterocycles. The molecule has 96 valence electrons. The van der Waals surface area contributed by atoms with Crippen molar-refractivity contribution in [2.75, 3.05) is 5.32 Å². The van der Waals surface area contributed by atoms with E-state index in [-0.39, 0.29) is 0 Å². The standard InChI is InChI=1S/C15H20N2S/c1-6-17-13(5)9-18-15(17)16-14-11(3)7-10(2)8-12(14)4/h7-9H,6H2,1-5H3/p+1. The Balaban J connectivity index is 2.40. The van der Waals surface area contributed by atoms with Crippen molar-refractivity contribution in [2.24, 2.45) is 0 Å². The largest absolute Gasteiger partial charge is 0.339 e. The average molecular weight is 261 g/mol. The van der Waals surface area contributed by atoms with E-state index in [4.69, 9.17) is 0 Å². The van der Waals surface area contributed by atoms with E-state index in [1.165, 1.54) is 33.2 Å². The summed E-state index contributed by atoms with van der Waals surface area (Å²) in [7, 11) is 0. The van der Waals surface area contributed by atoms with Gasteiger partial charge in [-0.3, -0.25) is 0 Å². The van der Waals surface area contributed by atoms with Crippen LogP contribution in [0.2, 0.25) is 0 Å². The van der Waals surface area contributed by atoms with Crippen LogP contribution in [0.1, 0.15) is 29.3 Å². The molecule has 0 saturated heterocycles. The zero-order valence-corrected chi connectivity index (χ0v) is 12.6. The van der Waals surface area contributed by atoms with Crippen LogP contribution in [0.25, 0.3) is 0 Å². The van der Waals surface area contributed by atoms with Crippen LogP contribution in [-0.2, 0) is 6.54 Å². The molecule has 0 aliphatic heterocycles. The van der Waals surface area contributed by atoms with Crippen LogP contribution >= 0.6 is 11.3 Å². The van der Waals surface area contributed by atoms with Crippen molar-refractivity contribution >= 4 is 22.2 Å². The Kier molecular flexibility index (Phi) is 3.71. The van der Waals surface area contributed by atoms with Gasteiger partial charge in [0.25, 0.3) is 0 Å². The molecular weight excluding hydrogens is 240 g/mol. The first-order valence-electron chi connectivity index (χ1n) is 6.35. The van der Waals surface area contributed by atoms with Crippen LogP contribution < -0.4 is 9.88 Å². The lowest BCUT2D eigenvalue weighted by molar-refractivity contribution is -0.681. The highest BCUT2D eigenvalue weighted by atomic mass is 32.1. The molecule has 0 bridgehead atoms. The molecule has 18 heavy (non-hydrogen) atoms. The van der Waals surface area contributed by atoms with Gasteiger partial charge >= 0.3 is 5.13 Å². The third-order valence-electron chi connectivity index (χ3n) is 3.24. The van der Waals surface area contributed by atoms with Crippen molar-refractivity contribution in [1.29, 1.82) is 0 Å². The molecule has 2 rings (SSSR count). The molecule has 0 aliphatic carbocycles. The van der Waals surface area contributed by atoms with Crippen molar-refractivity contribution < 1.29 is 4.57 Å². The summed E-state index contributed by atoms with van der Waals surface area (Å²) in [6.45, 7) is 11.8. The molecule has 1 aromatic heterocycles. The number of aryl methyl sites for hydroxylation is 4. The van der Waals surface area contributed by atoms with Gasteiger partial charge < -0.3 is 0 Å². The quantitative estimate of drug-likeness (QED) is 0.825. The van der Waals surface area contributed by atoms with Crippen molar-refractivity contribution in [3.8, 4) is 0 Å². The van der Waals surface area contributed by atoms with Crippen LogP contribution in [0.15, 0.2) is 17.5 Å². The van der Waals surface area contributed by atoms with Gasteiger partial charge in [-0.05, 0) is 45.7 Å². The third-order valence-corrected chi connectivity index (χ3v) is 4.24. The summed E-state index contributed by atoms with van der Waals surface area (Å²) in [6.07, 6.45) is 0. The van der Waals surface area contributed by atoms with E-state index >= 15 is 0 Å². The lowest BCUT2D eigenvalue weighted by Gasteiger charge is -2.08. The van der Waals surface area contributed by atoms with Gasteiger partial charge in [0.2, 0.25) is 0 Å². The first-order valence-corrected chi connectivity index (χ1v) is 7.23. The Morgan fingerprint density at radius 2 is 1.72 bits per heavy atom. The molecule has 2 aromatic rings. The Morgan fingerprint density at radius 1 is 1.11 bits per heavy atom. The van der Waals surface area contributed by atoms with Gasteiger partial charge in [0, 0.05) is 5.38 Å². The number of rotatable bonds is 3. The van der Waals surface area contributed by atoms with Crippen molar-refractivity contribution in [3.63, 3.8) is 0 Å². The first kappa shape index (κ1) is 13.1. The molecule has 0 atom stereocenters. The number of hydrogen-bond acceptors (Lipinski definition) is 2. The maximum Gasteiger partial charge on any atom is 0.339 e. The second-order valence-corrected chi connectivity index (χ2v) is 5.68. The summed E-state index contributed by atoms with van der Waals surface area (Å²) in [6, 6.07) is 4.46. The van der Waals surface area contributed by atoms with Gasteiger partial charge in [-0.25, -0.2) is 9.88 Å². The van der Waals surface area contributed by atoms with E-state index in [1.807, 2.05) is 0 Å². The number of nitrogens with zero attached hydrogens (tertiary/aromatic N) is 1. The van der Waals surface area contributed by atoms with Gasteiger partial charge in [-0.1, -0.05) is 29.0 Å². The molecule has 3 heteroatoms. The lowest BCUT2D eigenvalue weighted by Crippen LogP contribution is -2.35. The van der Waals surface area contributed by atoms with E-state index in [1.54, 1.807) is 11.3 Å². The number of aromatic nitrogens is 1. The summed E-state index contributed by atoms with van der Waals surface area (Å²) in [4.78, 5) is 0. The highest BCUT2D eigenvalue weighted by Crippen LogP contribution is 2.26. The molecule has 1 aromatic carbocycles. The van der Waals surface area contributed by atoms with E-state index in [9.17, 15) is 0 Å². The van der Waals surface area contributed by atoms with Crippen LogP contribution in [0.3, 0.4) is 0 Å². The van der Waals surface area contributed by atoms with Crippen molar-refractivity contribution in [2.45, 2.75) is 41.2 Å². The molecular formula is C15H21N2S+. The lowest BCUT2D eigenvalue weighted by atomic mass is 10.1. The smallest absolute Gasteiger partial charge is 0.231 e. The highest BCUT2D eigenvalue weighted by molar-refractivity contribution is 7.13. The summed E-state index contributed by atoms with van der Waals surface area (Å²) in [5, 5.41) is 7.00. The normalized spacial score (nSPS) is 10.7. The second-order valence-electron chi connectivity index (χ2n) is 4.83. The number of hydrogen-bond donors (Lipinski definition) is 1. The molecule has 0 spiro atoms. The zero-order chi connectivity index (χ0) is 13.3. The van der Waals surface area contributed by atoms with Crippen LogP contribution in [-0.4, -0.2) is 0 Å². The molecule has 0 amide bonds. The number of benzene rings is 1. The van der Waals surface area contributed by atoms with Crippen molar-refractivity contribution in [3.05, 3.63) is 39.9 Å². The molecule has 1 N–H and O–H groups in total. The number of nitrogens with one attached hydrogen (secondary N) is 1. The minimum atomic E-state index is 1.00. The summed E-state index contributed by atoms with van der Waals surface area (Å²) in [5.74, 6) is 0. The first-order chi connectivity index (χ1) is 8.52. The highest BCUT2D eigenvalue weighted by Gasteiger charge is 2.16. The van der Waals surface area contributed by atoms with Gasteiger partial charge in [0.05, 0.1) is 6.54 Å². The fourth-order valence-electron chi connectivity index (χ4n) is 2.40. The Morgan fingerprint density at radius 3 is 2.28 bits per heavy atom. The molecule has 0 aliphatic rings. The summed E-state index contributed by atoms with van der Waals surface area (Å²) >= 11 is 1.77. The van der Waals surface area contributed by atoms with Gasteiger partial charge in [0.15, 0.2) is 0 Å². The maximum atomic E-state index is 3.59. The predicted molar refractivity (Wildman–Crippen MR) is 78.9 cm³/mol. The minimum Gasteiger partial charge on any atom is -0.231 e. The van der Waals surface area contributed by atoms with Gasteiger partial charge in [-0.15, -0.1) is 0 Å². The maximum absolute atomic E-state index is 3.59.